The highest BCUT2D eigenvalue weighted by Crippen LogP contribution is 2.15. The van der Waals surface area contributed by atoms with Crippen molar-refractivity contribution in [1.82, 2.24) is 0 Å². The average Bonchev–Trinajstić information content (AvgIpc) is 3.09. The monoisotopic (exact) mass is 679 g/mol. The molecule has 0 aliphatic heterocycles. The molecule has 0 amide bonds. The minimum absolute atomic E-state index is 0.0600. The van der Waals surface area contributed by atoms with E-state index in [0.717, 1.165) is 38.5 Å². The number of unbranched alkanes of at least 4 members (excludes halogenated alkanes) is 29. The predicted octanol–water partition coefficient (Wildman–Crippen LogP) is 13.3. The van der Waals surface area contributed by atoms with Gasteiger partial charge >= 0.3 is 11.9 Å². The van der Waals surface area contributed by atoms with E-state index in [1.165, 1.54) is 167 Å². The second-order valence-corrected chi connectivity index (χ2v) is 14.4. The third-order valence-corrected chi connectivity index (χ3v) is 9.56. The first kappa shape index (κ1) is 46.6. The molecule has 0 aliphatic carbocycles. The van der Waals surface area contributed by atoms with Gasteiger partial charge in [0, 0.05) is 12.8 Å². The fraction of sp³-hybridized carbons (Fsp3) is 0.907. The summed E-state index contributed by atoms with van der Waals surface area (Å²) in [6.45, 7) is 4.15. The molecule has 0 saturated carbocycles. The minimum atomic E-state index is -0.764. The van der Waals surface area contributed by atoms with E-state index in [1.54, 1.807) is 0 Å². The summed E-state index contributed by atoms with van der Waals surface area (Å²) >= 11 is 0. The van der Waals surface area contributed by atoms with Crippen molar-refractivity contribution in [3.63, 3.8) is 0 Å². The van der Waals surface area contributed by atoms with Crippen LogP contribution in [0.15, 0.2) is 12.2 Å². The van der Waals surface area contributed by atoms with Gasteiger partial charge in [0.1, 0.15) is 6.61 Å². The molecular weight excluding hydrogens is 596 g/mol. The number of carbonyl (C=O) groups excluding carboxylic acids is 2. The van der Waals surface area contributed by atoms with Gasteiger partial charge in [-0.1, -0.05) is 193 Å². The number of aliphatic hydroxyl groups excluding tert-OH is 1. The van der Waals surface area contributed by atoms with Gasteiger partial charge in [0.25, 0.3) is 0 Å². The lowest BCUT2D eigenvalue weighted by Gasteiger charge is -2.15. The molecule has 0 aromatic carbocycles. The first-order chi connectivity index (χ1) is 23.6. The van der Waals surface area contributed by atoms with E-state index >= 15 is 0 Å². The standard InChI is InChI=1S/C43H82O5/c1-3-5-7-9-11-13-15-16-17-18-19-20-21-22-23-24-25-26-28-30-32-34-36-38-43(46)48-41(39-44)40-47-42(45)37-35-33-31-29-27-14-12-10-8-6-4-2/h18-19,41,44H,3-17,20-40H2,1-2H3/b19-18-. The molecule has 0 bridgehead atoms. The van der Waals surface area contributed by atoms with Crippen LogP contribution >= 0.6 is 0 Å². The summed E-state index contributed by atoms with van der Waals surface area (Å²) in [5.41, 5.74) is 0. The van der Waals surface area contributed by atoms with Gasteiger partial charge < -0.3 is 14.6 Å². The van der Waals surface area contributed by atoms with Gasteiger partial charge in [0.05, 0.1) is 6.61 Å². The fourth-order valence-corrected chi connectivity index (χ4v) is 6.31. The molecule has 0 saturated heterocycles. The molecule has 1 N–H and O–H groups in total. The zero-order valence-corrected chi connectivity index (χ0v) is 32.3. The molecule has 284 valence electrons. The molecule has 0 aromatic heterocycles. The van der Waals surface area contributed by atoms with Crippen LogP contribution in [0.1, 0.15) is 232 Å². The Labute approximate surface area is 299 Å². The zero-order chi connectivity index (χ0) is 35.0. The molecule has 0 radical (unpaired) electrons. The maximum absolute atomic E-state index is 12.2. The summed E-state index contributed by atoms with van der Waals surface area (Å²) in [5, 5.41) is 9.55. The summed E-state index contributed by atoms with van der Waals surface area (Å²) < 4.78 is 10.6. The lowest BCUT2D eigenvalue weighted by atomic mass is 10.0. The lowest BCUT2D eigenvalue weighted by Crippen LogP contribution is -2.28. The molecule has 0 spiro atoms. The Morgan fingerprint density at radius 1 is 0.458 bits per heavy atom. The van der Waals surface area contributed by atoms with Crippen molar-refractivity contribution in [3.05, 3.63) is 12.2 Å². The molecular formula is C43H82O5. The molecule has 0 aliphatic rings. The van der Waals surface area contributed by atoms with Crippen molar-refractivity contribution in [1.29, 1.82) is 0 Å². The number of ether oxygens (including phenoxy) is 2. The smallest absolute Gasteiger partial charge is 0.306 e. The molecule has 0 aromatic rings. The topological polar surface area (TPSA) is 72.8 Å². The van der Waals surface area contributed by atoms with Crippen molar-refractivity contribution in [2.24, 2.45) is 0 Å². The number of hydrogen-bond donors (Lipinski definition) is 1. The summed E-state index contributed by atoms with van der Waals surface area (Å²) in [6, 6.07) is 0. The first-order valence-electron chi connectivity index (χ1n) is 21.2. The van der Waals surface area contributed by atoms with Crippen molar-refractivity contribution in [3.8, 4) is 0 Å². The number of esters is 2. The molecule has 48 heavy (non-hydrogen) atoms. The lowest BCUT2D eigenvalue weighted by molar-refractivity contribution is -0.161. The van der Waals surface area contributed by atoms with Crippen LogP contribution in [0.4, 0.5) is 0 Å². The van der Waals surface area contributed by atoms with Crippen LogP contribution in [-0.4, -0.2) is 36.4 Å². The van der Waals surface area contributed by atoms with Crippen LogP contribution in [0, 0.1) is 0 Å². The van der Waals surface area contributed by atoms with Crippen LogP contribution in [-0.2, 0) is 19.1 Å². The van der Waals surface area contributed by atoms with Gasteiger partial charge in [-0.25, -0.2) is 0 Å². The Morgan fingerprint density at radius 3 is 1.12 bits per heavy atom. The quantitative estimate of drug-likeness (QED) is 0.0398. The van der Waals surface area contributed by atoms with Crippen LogP contribution < -0.4 is 0 Å². The highest BCUT2D eigenvalue weighted by molar-refractivity contribution is 5.70. The largest absolute Gasteiger partial charge is 0.462 e. The van der Waals surface area contributed by atoms with E-state index in [9.17, 15) is 14.7 Å². The summed E-state index contributed by atoms with van der Waals surface area (Å²) in [7, 11) is 0. The van der Waals surface area contributed by atoms with E-state index < -0.39 is 6.10 Å². The second-order valence-electron chi connectivity index (χ2n) is 14.4. The van der Waals surface area contributed by atoms with E-state index in [1.807, 2.05) is 0 Å². The Morgan fingerprint density at radius 2 is 0.771 bits per heavy atom. The zero-order valence-electron chi connectivity index (χ0n) is 32.3. The van der Waals surface area contributed by atoms with Crippen LogP contribution in [0.5, 0.6) is 0 Å². The summed E-state index contributed by atoms with van der Waals surface area (Å²) in [5.74, 6) is -0.581. The maximum Gasteiger partial charge on any atom is 0.306 e. The van der Waals surface area contributed by atoms with Gasteiger partial charge in [-0.15, -0.1) is 0 Å². The van der Waals surface area contributed by atoms with Crippen molar-refractivity contribution in [2.45, 2.75) is 238 Å². The summed E-state index contributed by atoms with van der Waals surface area (Å²) in [6.07, 6.45) is 45.7. The van der Waals surface area contributed by atoms with Crippen molar-refractivity contribution in [2.75, 3.05) is 13.2 Å². The minimum Gasteiger partial charge on any atom is -0.462 e. The molecule has 0 rings (SSSR count). The number of carbonyl (C=O) groups is 2. The van der Waals surface area contributed by atoms with Crippen molar-refractivity contribution >= 4 is 11.9 Å². The predicted molar refractivity (Wildman–Crippen MR) is 205 cm³/mol. The molecule has 5 nitrogen and oxygen atoms in total. The molecule has 1 atom stereocenters. The van der Waals surface area contributed by atoms with Gasteiger partial charge in [0.15, 0.2) is 6.10 Å². The Bertz CT molecular complexity index is 691. The van der Waals surface area contributed by atoms with Crippen molar-refractivity contribution < 1.29 is 24.2 Å². The number of rotatable bonds is 39. The van der Waals surface area contributed by atoms with Crippen LogP contribution in [0.25, 0.3) is 0 Å². The normalized spacial score (nSPS) is 12.1. The molecule has 1 unspecified atom stereocenters. The van der Waals surface area contributed by atoms with Gasteiger partial charge in [-0.05, 0) is 38.5 Å². The number of allylic oxidation sites excluding steroid dienone is 2. The van der Waals surface area contributed by atoms with Gasteiger partial charge in [-0.3, -0.25) is 9.59 Å². The van der Waals surface area contributed by atoms with Crippen LogP contribution in [0.2, 0.25) is 0 Å². The fourth-order valence-electron chi connectivity index (χ4n) is 6.31. The SMILES string of the molecule is CCCCCCCCCC/C=C\CCCCCCCCCCCCCC(=O)OC(CO)COC(=O)CCCCCCCCCCCCC. The first-order valence-corrected chi connectivity index (χ1v) is 21.2. The van der Waals surface area contributed by atoms with Gasteiger partial charge in [0.2, 0.25) is 0 Å². The van der Waals surface area contributed by atoms with E-state index in [4.69, 9.17) is 9.47 Å². The van der Waals surface area contributed by atoms with E-state index in [-0.39, 0.29) is 25.2 Å². The van der Waals surface area contributed by atoms with E-state index in [0.29, 0.717) is 12.8 Å². The van der Waals surface area contributed by atoms with E-state index in [2.05, 4.69) is 26.0 Å². The highest BCUT2D eigenvalue weighted by atomic mass is 16.6. The highest BCUT2D eigenvalue weighted by Gasteiger charge is 2.16. The number of hydrogen-bond acceptors (Lipinski definition) is 5. The molecule has 0 fully saturated rings. The maximum atomic E-state index is 12.2. The molecule has 0 heterocycles. The Hall–Kier alpha value is -1.36. The summed E-state index contributed by atoms with van der Waals surface area (Å²) in [4.78, 5) is 24.2. The third kappa shape index (κ3) is 37.5. The second kappa shape index (κ2) is 40.1. The van der Waals surface area contributed by atoms with Gasteiger partial charge in [-0.2, -0.15) is 0 Å². The average molecular weight is 679 g/mol. The number of aliphatic hydroxyl groups is 1. The third-order valence-electron chi connectivity index (χ3n) is 9.56. The van der Waals surface area contributed by atoms with Crippen LogP contribution in [0.3, 0.4) is 0 Å². The Kier molecular flexibility index (Phi) is 38.9. The Balaban J connectivity index is 3.46. The molecule has 5 heteroatoms.